The molecule has 0 spiro atoms. The first-order valence-electron chi connectivity index (χ1n) is 9.61. The van der Waals surface area contributed by atoms with E-state index in [-0.39, 0.29) is 5.91 Å². The van der Waals surface area contributed by atoms with Crippen molar-refractivity contribution in [2.45, 2.75) is 5.60 Å². The van der Waals surface area contributed by atoms with Gasteiger partial charge in [0.05, 0.1) is 5.69 Å². The summed E-state index contributed by atoms with van der Waals surface area (Å²) in [6.45, 7) is 0.384. The summed E-state index contributed by atoms with van der Waals surface area (Å²) in [6, 6.07) is 25.1. The molecule has 2 N–H and O–H groups in total. The van der Waals surface area contributed by atoms with Gasteiger partial charge in [0.1, 0.15) is 0 Å². The van der Waals surface area contributed by atoms with E-state index in [1.54, 1.807) is 11.1 Å². The molecule has 1 aliphatic heterocycles. The van der Waals surface area contributed by atoms with Gasteiger partial charge < -0.3 is 15.0 Å². The molecule has 1 atom stereocenters. The number of hydrogen-bond donors (Lipinski definition) is 2. The van der Waals surface area contributed by atoms with Crippen LogP contribution in [0.3, 0.4) is 0 Å². The van der Waals surface area contributed by atoms with Crippen LogP contribution < -0.4 is 4.90 Å². The highest BCUT2D eigenvalue weighted by atomic mass is 16.3. The minimum atomic E-state index is -1.71. The largest absolute Gasteiger partial charge is 0.372 e. The van der Waals surface area contributed by atoms with Crippen LogP contribution in [-0.2, 0) is 10.4 Å². The first-order chi connectivity index (χ1) is 14.2. The number of aromatic amines is 1. The number of carbonyl (C=O) groups is 1. The average molecular weight is 380 g/mol. The molecular formula is C25H20N2O2. The van der Waals surface area contributed by atoms with Crippen molar-refractivity contribution in [1.82, 2.24) is 4.98 Å². The van der Waals surface area contributed by atoms with E-state index in [2.05, 4.69) is 4.98 Å². The maximum atomic E-state index is 13.5. The number of rotatable bonds is 4. The molecule has 1 aromatic heterocycles. The number of anilines is 1. The molecule has 1 aliphatic rings. The molecule has 142 valence electrons. The fraction of sp³-hybridized carbons (Fsp3) is 0.0800. The number of aromatic nitrogens is 1. The molecule has 1 amide bonds. The number of benzene rings is 3. The number of fused-ring (bicyclic) bond motifs is 2. The van der Waals surface area contributed by atoms with E-state index in [0.717, 1.165) is 22.2 Å². The zero-order valence-electron chi connectivity index (χ0n) is 15.7. The van der Waals surface area contributed by atoms with Gasteiger partial charge in [-0.05, 0) is 17.7 Å². The Morgan fingerprint density at radius 1 is 0.897 bits per heavy atom. The zero-order chi connectivity index (χ0) is 19.8. The van der Waals surface area contributed by atoms with Crippen LogP contribution in [0.4, 0.5) is 5.69 Å². The SMILES string of the molecule is O=C1N(C/C=C/c2ccccc2)c2ccccc2[C@@]1(O)c1c[nH]c2ccccc12. The second-order valence-electron chi connectivity index (χ2n) is 7.20. The molecule has 3 aromatic carbocycles. The fourth-order valence-corrected chi connectivity index (χ4v) is 4.11. The van der Waals surface area contributed by atoms with Gasteiger partial charge in [0, 0.05) is 34.8 Å². The Labute approximate surface area is 168 Å². The Morgan fingerprint density at radius 3 is 2.48 bits per heavy atom. The van der Waals surface area contributed by atoms with E-state index < -0.39 is 5.60 Å². The number of nitrogens with zero attached hydrogens (tertiary/aromatic N) is 1. The van der Waals surface area contributed by atoms with E-state index >= 15 is 0 Å². The minimum absolute atomic E-state index is 0.332. The minimum Gasteiger partial charge on any atom is -0.372 e. The second-order valence-corrected chi connectivity index (χ2v) is 7.20. The summed E-state index contributed by atoms with van der Waals surface area (Å²) in [5.74, 6) is -0.332. The Kier molecular flexibility index (Phi) is 4.07. The Balaban J connectivity index is 1.56. The number of H-pyrrole nitrogens is 1. The van der Waals surface area contributed by atoms with Gasteiger partial charge in [0.15, 0.2) is 5.60 Å². The Bertz CT molecular complexity index is 1230. The molecule has 0 radical (unpaired) electrons. The van der Waals surface area contributed by atoms with Gasteiger partial charge in [-0.1, -0.05) is 78.9 Å². The molecule has 2 heterocycles. The summed E-state index contributed by atoms with van der Waals surface area (Å²) in [5.41, 5.74) is 2.19. The summed E-state index contributed by atoms with van der Waals surface area (Å²) < 4.78 is 0. The molecular weight excluding hydrogens is 360 g/mol. The number of para-hydroxylation sites is 2. The maximum Gasteiger partial charge on any atom is 0.268 e. The topological polar surface area (TPSA) is 56.3 Å². The van der Waals surface area contributed by atoms with Crippen LogP contribution in [0.1, 0.15) is 16.7 Å². The lowest BCUT2D eigenvalue weighted by Gasteiger charge is -2.22. The third-order valence-electron chi connectivity index (χ3n) is 5.52. The van der Waals surface area contributed by atoms with Crippen molar-refractivity contribution in [3.8, 4) is 0 Å². The third-order valence-corrected chi connectivity index (χ3v) is 5.52. The summed E-state index contributed by atoms with van der Waals surface area (Å²) in [6.07, 6.45) is 5.67. The molecule has 4 aromatic rings. The molecule has 4 heteroatoms. The second kappa shape index (κ2) is 6.76. The van der Waals surface area contributed by atoms with Crippen molar-refractivity contribution >= 4 is 28.6 Å². The van der Waals surface area contributed by atoms with Gasteiger partial charge in [0.25, 0.3) is 5.91 Å². The molecule has 29 heavy (non-hydrogen) atoms. The molecule has 5 rings (SSSR count). The van der Waals surface area contributed by atoms with Crippen LogP contribution in [0, 0.1) is 0 Å². The molecule has 0 aliphatic carbocycles. The smallest absolute Gasteiger partial charge is 0.268 e. The van der Waals surface area contributed by atoms with Crippen molar-refractivity contribution < 1.29 is 9.90 Å². The van der Waals surface area contributed by atoms with Gasteiger partial charge in [-0.25, -0.2) is 0 Å². The van der Waals surface area contributed by atoms with E-state index in [0.29, 0.717) is 17.7 Å². The molecule has 0 fully saturated rings. The molecule has 0 unspecified atom stereocenters. The van der Waals surface area contributed by atoms with Crippen molar-refractivity contribution in [1.29, 1.82) is 0 Å². The summed E-state index contributed by atoms with van der Waals surface area (Å²) in [5, 5.41) is 12.6. The summed E-state index contributed by atoms with van der Waals surface area (Å²) >= 11 is 0. The monoisotopic (exact) mass is 380 g/mol. The molecule has 0 saturated heterocycles. The maximum absolute atomic E-state index is 13.5. The van der Waals surface area contributed by atoms with E-state index in [4.69, 9.17) is 0 Å². The van der Waals surface area contributed by atoms with Crippen LogP contribution in [0.15, 0.2) is 91.1 Å². The van der Waals surface area contributed by atoms with Crippen LogP contribution in [0.25, 0.3) is 17.0 Å². The molecule has 0 saturated carbocycles. The molecule has 4 nitrogen and oxygen atoms in total. The van der Waals surface area contributed by atoms with Gasteiger partial charge in [-0.2, -0.15) is 0 Å². The first-order valence-corrected chi connectivity index (χ1v) is 9.61. The number of hydrogen-bond acceptors (Lipinski definition) is 2. The van der Waals surface area contributed by atoms with E-state index in [9.17, 15) is 9.90 Å². The van der Waals surface area contributed by atoms with E-state index in [1.807, 2.05) is 91.0 Å². The highest BCUT2D eigenvalue weighted by Gasteiger charge is 2.51. The lowest BCUT2D eigenvalue weighted by molar-refractivity contribution is -0.131. The van der Waals surface area contributed by atoms with Crippen LogP contribution in [0.5, 0.6) is 0 Å². The van der Waals surface area contributed by atoms with Gasteiger partial charge in [-0.15, -0.1) is 0 Å². The fourth-order valence-electron chi connectivity index (χ4n) is 4.11. The number of aliphatic hydroxyl groups is 1. The van der Waals surface area contributed by atoms with Crippen LogP contribution in [-0.4, -0.2) is 22.5 Å². The standard InChI is InChI=1S/C25H20N2O2/c28-24-25(29,21-17-26-22-14-6-4-12-19(21)22)20-13-5-7-15-23(20)27(24)16-8-11-18-9-2-1-3-10-18/h1-15,17,26,29H,16H2/b11-8+/t25-/m1/s1. The first kappa shape index (κ1) is 17.5. The number of amides is 1. The van der Waals surface area contributed by atoms with Crippen molar-refractivity contribution in [2.24, 2.45) is 0 Å². The summed E-state index contributed by atoms with van der Waals surface area (Å²) in [4.78, 5) is 18.3. The van der Waals surface area contributed by atoms with Crippen molar-refractivity contribution in [3.05, 3.63) is 108 Å². The summed E-state index contributed by atoms with van der Waals surface area (Å²) in [7, 11) is 0. The highest BCUT2D eigenvalue weighted by Crippen LogP contribution is 2.46. The predicted octanol–water partition coefficient (Wildman–Crippen LogP) is 4.46. The lowest BCUT2D eigenvalue weighted by atomic mass is 9.87. The van der Waals surface area contributed by atoms with E-state index in [1.165, 1.54) is 0 Å². The predicted molar refractivity (Wildman–Crippen MR) is 116 cm³/mol. The number of nitrogens with one attached hydrogen (secondary N) is 1. The van der Waals surface area contributed by atoms with Gasteiger partial charge in [-0.3, -0.25) is 4.79 Å². The highest BCUT2D eigenvalue weighted by molar-refractivity contribution is 6.11. The van der Waals surface area contributed by atoms with Gasteiger partial charge >= 0.3 is 0 Å². The van der Waals surface area contributed by atoms with Crippen molar-refractivity contribution in [3.63, 3.8) is 0 Å². The third kappa shape index (κ3) is 2.69. The quantitative estimate of drug-likeness (QED) is 0.549. The average Bonchev–Trinajstić information content (AvgIpc) is 3.29. The molecule has 0 bridgehead atoms. The zero-order valence-corrected chi connectivity index (χ0v) is 15.7. The Morgan fingerprint density at radius 2 is 1.62 bits per heavy atom. The van der Waals surface area contributed by atoms with Gasteiger partial charge in [0.2, 0.25) is 0 Å². The number of carbonyl (C=O) groups excluding carboxylic acids is 1. The lowest BCUT2D eigenvalue weighted by Crippen LogP contribution is -2.41. The normalized spacial score (nSPS) is 18.7. The van der Waals surface area contributed by atoms with Crippen LogP contribution >= 0.6 is 0 Å². The van der Waals surface area contributed by atoms with Crippen molar-refractivity contribution in [2.75, 3.05) is 11.4 Å². The Hall–Kier alpha value is -3.63. The van der Waals surface area contributed by atoms with Crippen LogP contribution in [0.2, 0.25) is 0 Å².